The first-order valence-electron chi connectivity index (χ1n) is 12.3. The Bertz CT molecular complexity index is 1120. The van der Waals surface area contributed by atoms with Crippen LogP contribution in [0.2, 0.25) is 0 Å². The Kier molecular flexibility index (Phi) is 8.82. The zero-order valence-corrected chi connectivity index (χ0v) is 22.3. The van der Waals surface area contributed by atoms with Gasteiger partial charge in [-0.15, -0.1) is 0 Å². The molecule has 0 amide bonds. The third-order valence-electron chi connectivity index (χ3n) is 6.57. The van der Waals surface area contributed by atoms with Gasteiger partial charge in [-0.3, -0.25) is 0 Å². The summed E-state index contributed by atoms with van der Waals surface area (Å²) in [5, 5.41) is 0. The Morgan fingerprint density at radius 3 is 1.31 bits per heavy atom. The molecule has 3 nitrogen and oxygen atoms in total. The van der Waals surface area contributed by atoms with Gasteiger partial charge < -0.3 is 14.2 Å². The van der Waals surface area contributed by atoms with Gasteiger partial charge in [0.15, 0.2) is 0 Å². The van der Waals surface area contributed by atoms with Gasteiger partial charge in [-0.1, -0.05) is 74.4 Å². The number of rotatable bonds is 12. The molecular formula is C33H38O3. The van der Waals surface area contributed by atoms with Crippen molar-refractivity contribution in [3.8, 4) is 17.2 Å². The first-order chi connectivity index (χ1) is 17.3. The van der Waals surface area contributed by atoms with Gasteiger partial charge in [0.25, 0.3) is 0 Å². The second-order valence-electron chi connectivity index (χ2n) is 9.33. The molecule has 0 saturated heterocycles. The van der Waals surface area contributed by atoms with Crippen LogP contribution in [0.1, 0.15) is 45.9 Å². The second kappa shape index (κ2) is 11.8. The van der Waals surface area contributed by atoms with Crippen LogP contribution in [-0.2, 0) is 5.41 Å². The van der Waals surface area contributed by atoms with E-state index in [-0.39, 0.29) is 0 Å². The summed E-state index contributed by atoms with van der Waals surface area (Å²) in [5.74, 6) is 2.64. The first kappa shape index (κ1) is 26.9. The lowest BCUT2D eigenvalue weighted by molar-refractivity contribution is 0.357. The summed E-state index contributed by atoms with van der Waals surface area (Å²) >= 11 is 0. The van der Waals surface area contributed by atoms with Crippen LogP contribution in [0.4, 0.5) is 0 Å². The van der Waals surface area contributed by atoms with Crippen molar-refractivity contribution in [3.05, 3.63) is 125 Å². The highest BCUT2D eigenvalue weighted by atomic mass is 16.5. The molecule has 3 aromatic carbocycles. The average Bonchev–Trinajstić information content (AvgIpc) is 2.86. The monoisotopic (exact) mass is 482 g/mol. The Morgan fingerprint density at radius 1 is 0.583 bits per heavy atom. The van der Waals surface area contributed by atoms with Crippen molar-refractivity contribution in [2.45, 2.75) is 40.0 Å². The minimum atomic E-state index is -0.421. The fourth-order valence-corrected chi connectivity index (χ4v) is 4.76. The van der Waals surface area contributed by atoms with E-state index < -0.39 is 5.41 Å². The van der Waals surface area contributed by atoms with Gasteiger partial charge in [0.05, 0.1) is 0 Å². The summed E-state index contributed by atoms with van der Waals surface area (Å²) in [6.07, 6.45) is 5.30. The molecule has 0 saturated carbocycles. The van der Waals surface area contributed by atoms with Crippen LogP contribution in [-0.4, -0.2) is 19.8 Å². The second-order valence-corrected chi connectivity index (χ2v) is 9.33. The minimum absolute atomic E-state index is 0.421. The lowest BCUT2D eigenvalue weighted by Crippen LogP contribution is -2.26. The quantitative estimate of drug-likeness (QED) is 0.193. The van der Waals surface area contributed by atoms with Crippen molar-refractivity contribution < 1.29 is 14.2 Å². The number of hydrogen-bond acceptors (Lipinski definition) is 3. The number of hydrogen-bond donors (Lipinski definition) is 0. The summed E-state index contributed by atoms with van der Waals surface area (Å²) in [4.78, 5) is 0. The van der Waals surface area contributed by atoms with E-state index in [0.29, 0.717) is 19.8 Å². The molecule has 0 N–H and O–H groups in total. The molecule has 0 aliphatic rings. The van der Waals surface area contributed by atoms with E-state index in [4.69, 9.17) is 14.2 Å². The van der Waals surface area contributed by atoms with Crippen LogP contribution in [0, 0.1) is 27.7 Å². The van der Waals surface area contributed by atoms with Gasteiger partial charge in [0, 0.05) is 5.41 Å². The van der Waals surface area contributed by atoms with Crippen LogP contribution in [0.5, 0.6) is 17.2 Å². The standard InChI is InChI=1S/C33H38O3/c1-9-16-34-30-14-12-27(13-15-30)33(8,28-19-23(4)31(24(5)20-28)35-17-10-2)29-21-25(6)32(26(7)22-29)36-18-11-3/h9-15,19-22H,1-3,16-18H2,4-8H3. The van der Waals surface area contributed by atoms with Crippen LogP contribution in [0.15, 0.2) is 86.5 Å². The van der Waals surface area contributed by atoms with Crippen molar-refractivity contribution in [3.63, 3.8) is 0 Å². The van der Waals surface area contributed by atoms with Gasteiger partial charge in [-0.05, 0) is 85.7 Å². The van der Waals surface area contributed by atoms with Gasteiger partial charge in [0.2, 0.25) is 0 Å². The molecule has 0 aromatic heterocycles. The lowest BCUT2D eigenvalue weighted by atomic mass is 9.69. The van der Waals surface area contributed by atoms with Crippen LogP contribution >= 0.6 is 0 Å². The van der Waals surface area contributed by atoms with Crippen LogP contribution in [0.3, 0.4) is 0 Å². The maximum atomic E-state index is 5.97. The van der Waals surface area contributed by atoms with Crippen molar-refractivity contribution >= 4 is 0 Å². The van der Waals surface area contributed by atoms with Crippen molar-refractivity contribution in [2.24, 2.45) is 0 Å². The van der Waals surface area contributed by atoms with Crippen LogP contribution in [0.25, 0.3) is 0 Å². The molecular weight excluding hydrogens is 444 g/mol. The molecule has 3 heteroatoms. The SMILES string of the molecule is C=CCOc1ccc(C(C)(c2cc(C)c(OCC=C)c(C)c2)c2cc(C)c(OCC=C)c(C)c2)cc1. The molecule has 188 valence electrons. The molecule has 3 rings (SSSR count). The Hall–Kier alpha value is -3.72. The molecule has 0 aliphatic carbocycles. The third kappa shape index (κ3) is 5.57. The lowest BCUT2D eigenvalue weighted by Gasteiger charge is -2.34. The van der Waals surface area contributed by atoms with Crippen molar-refractivity contribution in [1.82, 2.24) is 0 Å². The number of benzene rings is 3. The first-order valence-corrected chi connectivity index (χ1v) is 12.3. The Labute approximate surface area is 216 Å². The summed E-state index contributed by atoms with van der Waals surface area (Å²) in [7, 11) is 0. The zero-order valence-electron chi connectivity index (χ0n) is 22.3. The highest BCUT2D eigenvalue weighted by Crippen LogP contribution is 2.43. The predicted octanol–water partition coefficient (Wildman–Crippen LogP) is 7.97. The van der Waals surface area contributed by atoms with Gasteiger partial charge >= 0.3 is 0 Å². The molecule has 0 radical (unpaired) electrons. The van der Waals surface area contributed by atoms with E-state index in [2.05, 4.69) is 90.8 Å². The molecule has 0 fully saturated rings. The number of ether oxygens (including phenoxy) is 3. The molecule has 0 bridgehead atoms. The van der Waals surface area contributed by atoms with Crippen molar-refractivity contribution in [2.75, 3.05) is 19.8 Å². The fraction of sp³-hybridized carbons (Fsp3) is 0.273. The largest absolute Gasteiger partial charge is 0.490 e. The minimum Gasteiger partial charge on any atom is -0.490 e. The summed E-state index contributed by atoms with van der Waals surface area (Å²) < 4.78 is 17.7. The highest BCUT2D eigenvalue weighted by Gasteiger charge is 2.33. The van der Waals surface area contributed by atoms with E-state index in [1.807, 2.05) is 12.1 Å². The molecule has 0 spiro atoms. The third-order valence-corrected chi connectivity index (χ3v) is 6.57. The topological polar surface area (TPSA) is 27.7 Å². The Morgan fingerprint density at radius 2 is 0.944 bits per heavy atom. The zero-order chi connectivity index (χ0) is 26.3. The van der Waals surface area contributed by atoms with E-state index in [0.717, 1.165) is 39.5 Å². The highest BCUT2D eigenvalue weighted by molar-refractivity contribution is 5.57. The Balaban J connectivity index is 2.21. The molecule has 36 heavy (non-hydrogen) atoms. The molecule has 0 aliphatic heterocycles. The predicted molar refractivity (Wildman–Crippen MR) is 151 cm³/mol. The van der Waals surface area contributed by atoms with Gasteiger partial charge in [0.1, 0.15) is 37.1 Å². The molecule has 0 heterocycles. The summed E-state index contributed by atoms with van der Waals surface area (Å²) in [5.41, 5.74) is 7.54. The van der Waals surface area contributed by atoms with E-state index >= 15 is 0 Å². The van der Waals surface area contributed by atoms with E-state index in [9.17, 15) is 0 Å². The van der Waals surface area contributed by atoms with E-state index in [1.165, 1.54) is 16.7 Å². The van der Waals surface area contributed by atoms with E-state index in [1.54, 1.807) is 18.2 Å². The molecule has 3 aromatic rings. The maximum Gasteiger partial charge on any atom is 0.125 e. The summed E-state index contributed by atoms with van der Waals surface area (Å²) in [6.45, 7) is 23.4. The van der Waals surface area contributed by atoms with Gasteiger partial charge in [-0.2, -0.15) is 0 Å². The van der Waals surface area contributed by atoms with Crippen molar-refractivity contribution in [1.29, 1.82) is 0 Å². The normalized spacial score (nSPS) is 11.0. The fourth-order valence-electron chi connectivity index (χ4n) is 4.76. The molecule has 0 unspecified atom stereocenters. The maximum absolute atomic E-state index is 5.97. The molecule has 0 atom stereocenters. The smallest absolute Gasteiger partial charge is 0.125 e. The number of aryl methyl sites for hydroxylation is 4. The van der Waals surface area contributed by atoms with Gasteiger partial charge in [-0.25, -0.2) is 0 Å². The average molecular weight is 483 g/mol. The summed E-state index contributed by atoms with van der Waals surface area (Å²) in [6, 6.07) is 17.3. The van der Waals surface area contributed by atoms with Crippen LogP contribution < -0.4 is 14.2 Å².